The fraction of sp³-hybridized carbons (Fsp3) is 0.190. The van der Waals surface area contributed by atoms with Crippen LogP contribution in [0.25, 0.3) is 11.3 Å². The lowest BCUT2D eigenvalue weighted by Crippen LogP contribution is -2.31. The Bertz CT molecular complexity index is 931. The molecule has 6 heteroatoms. The van der Waals surface area contributed by atoms with Gasteiger partial charge in [0.25, 0.3) is 11.8 Å². The highest BCUT2D eigenvalue weighted by Crippen LogP contribution is 2.22. The zero-order chi connectivity index (χ0) is 19.2. The van der Waals surface area contributed by atoms with Gasteiger partial charge in [-0.1, -0.05) is 47.6 Å². The van der Waals surface area contributed by atoms with E-state index < -0.39 is 5.91 Å². The van der Waals surface area contributed by atoms with Gasteiger partial charge in [0.15, 0.2) is 11.5 Å². The molecule has 0 saturated carbocycles. The van der Waals surface area contributed by atoms with Crippen molar-refractivity contribution in [1.82, 2.24) is 10.1 Å². The lowest BCUT2D eigenvalue weighted by Gasteiger charge is -2.20. The summed E-state index contributed by atoms with van der Waals surface area (Å²) < 4.78 is 5.27. The Hall–Kier alpha value is -3.41. The minimum atomic E-state index is -0.430. The Balaban J connectivity index is 1.81. The van der Waals surface area contributed by atoms with E-state index in [4.69, 9.17) is 4.52 Å². The topological polar surface area (TPSA) is 75.4 Å². The molecule has 0 aliphatic rings. The van der Waals surface area contributed by atoms with Crippen molar-refractivity contribution in [2.24, 2.45) is 0 Å². The third-order valence-corrected chi connectivity index (χ3v) is 4.26. The van der Waals surface area contributed by atoms with Crippen molar-refractivity contribution in [3.63, 3.8) is 0 Å². The van der Waals surface area contributed by atoms with E-state index >= 15 is 0 Å². The number of benzene rings is 2. The molecule has 0 radical (unpaired) electrons. The average molecular weight is 363 g/mol. The number of nitrogens with one attached hydrogen (secondary N) is 1. The van der Waals surface area contributed by atoms with Gasteiger partial charge in [-0.25, -0.2) is 0 Å². The van der Waals surface area contributed by atoms with E-state index in [0.717, 1.165) is 5.56 Å². The summed E-state index contributed by atoms with van der Waals surface area (Å²) in [5.74, 6) is -0.0463. The Labute approximate surface area is 157 Å². The standard InChI is InChI=1S/C21H21N3O3/c1-3-24(4-2)21(26)16-12-8-9-13-17(16)22-20(25)18-14-19(27-23-18)15-10-6-5-7-11-15/h5-14H,3-4H2,1-2H3,(H,22,25). The van der Waals surface area contributed by atoms with Crippen molar-refractivity contribution >= 4 is 17.5 Å². The van der Waals surface area contributed by atoms with Crippen molar-refractivity contribution in [1.29, 1.82) is 0 Å². The largest absolute Gasteiger partial charge is 0.355 e. The maximum atomic E-state index is 12.7. The second-order valence-electron chi connectivity index (χ2n) is 5.92. The Morgan fingerprint density at radius 2 is 1.67 bits per heavy atom. The fourth-order valence-corrected chi connectivity index (χ4v) is 2.77. The van der Waals surface area contributed by atoms with Gasteiger partial charge in [0.2, 0.25) is 0 Å². The number of anilines is 1. The van der Waals surface area contributed by atoms with E-state index in [1.165, 1.54) is 0 Å². The summed E-state index contributed by atoms with van der Waals surface area (Å²) in [6.45, 7) is 5.04. The second-order valence-corrected chi connectivity index (χ2v) is 5.92. The average Bonchev–Trinajstić information content (AvgIpc) is 3.20. The molecule has 0 aliphatic carbocycles. The maximum absolute atomic E-state index is 12.7. The second kappa shape index (κ2) is 8.31. The first-order chi connectivity index (χ1) is 13.1. The minimum Gasteiger partial charge on any atom is -0.355 e. The van der Waals surface area contributed by atoms with E-state index in [-0.39, 0.29) is 11.6 Å². The fourth-order valence-electron chi connectivity index (χ4n) is 2.77. The monoisotopic (exact) mass is 363 g/mol. The molecule has 0 unspecified atom stereocenters. The molecule has 3 rings (SSSR count). The van der Waals surface area contributed by atoms with Crippen LogP contribution in [0.2, 0.25) is 0 Å². The first kappa shape index (κ1) is 18.4. The minimum absolute atomic E-state index is 0.124. The highest BCUT2D eigenvalue weighted by molar-refractivity contribution is 6.08. The highest BCUT2D eigenvalue weighted by atomic mass is 16.5. The zero-order valence-corrected chi connectivity index (χ0v) is 15.3. The van der Waals surface area contributed by atoms with E-state index in [1.54, 1.807) is 35.2 Å². The third kappa shape index (κ3) is 4.06. The number of carbonyl (C=O) groups excluding carboxylic acids is 2. The van der Waals surface area contributed by atoms with Crippen LogP contribution in [-0.2, 0) is 0 Å². The Kier molecular flexibility index (Phi) is 5.66. The molecule has 0 saturated heterocycles. The van der Waals surface area contributed by atoms with Crippen LogP contribution in [0.1, 0.15) is 34.7 Å². The van der Waals surface area contributed by atoms with Crippen LogP contribution in [-0.4, -0.2) is 35.0 Å². The SMILES string of the molecule is CCN(CC)C(=O)c1ccccc1NC(=O)c1cc(-c2ccccc2)on1. The molecular formula is C21H21N3O3. The quantitative estimate of drug-likeness (QED) is 0.716. The van der Waals surface area contributed by atoms with Gasteiger partial charge in [0.05, 0.1) is 11.3 Å². The van der Waals surface area contributed by atoms with Crippen molar-refractivity contribution in [3.05, 3.63) is 71.9 Å². The first-order valence-corrected chi connectivity index (χ1v) is 8.85. The summed E-state index contributed by atoms with van der Waals surface area (Å²) in [5.41, 5.74) is 1.88. The van der Waals surface area contributed by atoms with Crippen LogP contribution < -0.4 is 5.32 Å². The van der Waals surface area contributed by atoms with Gasteiger partial charge in [0.1, 0.15) is 0 Å². The zero-order valence-electron chi connectivity index (χ0n) is 15.3. The number of carbonyl (C=O) groups is 2. The van der Waals surface area contributed by atoms with E-state index in [9.17, 15) is 9.59 Å². The number of hydrogen-bond donors (Lipinski definition) is 1. The Morgan fingerprint density at radius 3 is 2.37 bits per heavy atom. The molecule has 6 nitrogen and oxygen atoms in total. The predicted octanol–water partition coefficient (Wildman–Crippen LogP) is 4.08. The summed E-state index contributed by atoms with van der Waals surface area (Å²) in [7, 11) is 0. The molecule has 0 spiro atoms. The summed E-state index contributed by atoms with van der Waals surface area (Å²) in [6, 6.07) is 17.9. The normalized spacial score (nSPS) is 10.4. The molecule has 0 bridgehead atoms. The van der Waals surface area contributed by atoms with Crippen LogP contribution in [0.4, 0.5) is 5.69 Å². The number of rotatable bonds is 6. The molecule has 0 fully saturated rings. The summed E-state index contributed by atoms with van der Waals surface area (Å²) in [5, 5.41) is 6.61. The third-order valence-electron chi connectivity index (χ3n) is 4.26. The molecule has 1 N–H and O–H groups in total. The lowest BCUT2D eigenvalue weighted by atomic mass is 10.1. The first-order valence-electron chi connectivity index (χ1n) is 8.85. The van der Waals surface area contributed by atoms with Crippen molar-refractivity contribution in [3.8, 4) is 11.3 Å². The van der Waals surface area contributed by atoms with E-state index in [0.29, 0.717) is 30.1 Å². The van der Waals surface area contributed by atoms with Gasteiger partial charge in [-0.05, 0) is 26.0 Å². The Morgan fingerprint density at radius 1 is 1.00 bits per heavy atom. The molecule has 138 valence electrons. The van der Waals surface area contributed by atoms with Gasteiger partial charge in [-0.2, -0.15) is 0 Å². The van der Waals surface area contributed by atoms with E-state index in [1.807, 2.05) is 44.2 Å². The van der Waals surface area contributed by atoms with Gasteiger partial charge in [-0.15, -0.1) is 0 Å². The van der Waals surface area contributed by atoms with Gasteiger partial charge in [0, 0.05) is 24.7 Å². The number of para-hydroxylation sites is 1. The lowest BCUT2D eigenvalue weighted by molar-refractivity contribution is 0.0774. The van der Waals surface area contributed by atoms with E-state index in [2.05, 4.69) is 10.5 Å². The summed E-state index contributed by atoms with van der Waals surface area (Å²) >= 11 is 0. The van der Waals surface area contributed by atoms with Crippen LogP contribution in [0.3, 0.4) is 0 Å². The van der Waals surface area contributed by atoms with Crippen LogP contribution in [0.15, 0.2) is 65.2 Å². The molecule has 2 aromatic carbocycles. The number of aromatic nitrogens is 1. The number of amides is 2. The van der Waals surface area contributed by atoms with Crippen LogP contribution >= 0.6 is 0 Å². The smallest absolute Gasteiger partial charge is 0.277 e. The van der Waals surface area contributed by atoms with Gasteiger partial charge >= 0.3 is 0 Å². The molecule has 27 heavy (non-hydrogen) atoms. The van der Waals surface area contributed by atoms with Gasteiger partial charge < -0.3 is 14.7 Å². The molecule has 2 amide bonds. The number of hydrogen-bond acceptors (Lipinski definition) is 4. The summed E-state index contributed by atoms with van der Waals surface area (Å²) in [4.78, 5) is 27.0. The molecule has 1 aromatic heterocycles. The molecule has 0 aliphatic heterocycles. The highest BCUT2D eigenvalue weighted by Gasteiger charge is 2.19. The molecular weight excluding hydrogens is 342 g/mol. The summed E-state index contributed by atoms with van der Waals surface area (Å²) in [6.07, 6.45) is 0. The molecule has 0 atom stereocenters. The molecule has 3 aromatic rings. The molecule has 1 heterocycles. The maximum Gasteiger partial charge on any atom is 0.277 e. The van der Waals surface area contributed by atoms with Crippen molar-refractivity contribution < 1.29 is 14.1 Å². The van der Waals surface area contributed by atoms with Crippen molar-refractivity contribution in [2.75, 3.05) is 18.4 Å². The van der Waals surface area contributed by atoms with Crippen LogP contribution in [0, 0.1) is 0 Å². The predicted molar refractivity (Wildman–Crippen MR) is 104 cm³/mol. The van der Waals surface area contributed by atoms with Crippen LogP contribution in [0.5, 0.6) is 0 Å². The van der Waals surface area contributed by atoms with Gasteiger partial charge in [-0.3, -0.25) is 9.59 Å². The number of nitrogens with zero attached hydrogens (tertiary/aromatic N) is 2. The van der Waals surface area contributed by atoms with Crippen molar-refractivity contribution in [2.45, 2.75) is 13.8 Å².